The van der Waals surface area contributed by atoms with Crippen LogP contribution in [0, 0.1) is 5.95 Å². The zero-order chi connectivity index (χ0) is 13.8. The topological polar surface area (TPSA) is 51.2 Å². The first-order valence-corrected chi connectivity index (χ1v) is 6.16. The van der Waals surface area contributed by atoms with Gasteiger partial charge in [0.05, 0.1) is 17.1 Å². The number of aromatic nitrogens is 1. The lowest BCUT2D eigenvalue weighted by atomic mass is 10.2. The Balaban J connectivity index is 2.20. The molecule has 4 nitrogen and oxygen atoms in total. The smallest absolute Gasteiger partial charge is 0.260 e. The van der Waals surface area contributed by atoms with Crippen LogP contribution < -0.4 is 10.1 Å². The number of carbonyl (C=O) groups is 1. The molecule has 1 amide bonds. The first-order valence-electron chi connectivity index (χ1n) is 5.37. The molecule has 0 saturated heterocycles. The number of nitrogens with one attached hydrogen (secondary N) is 1. The number of amides is 1. The number of carbonyl (C=O) groups excluding carboxylic acids is 1. The fraction of sp³-hybridized carbons (Fsp3) is 0.0769. The molecule has 1 aromatic carbocycles. The normalized spacial score (nSPS) is 10.1. The van der Waals surface area contributed by atoms with Crippen molar-refractivity contribution in [2.45, 2.75) is 0 Å². The molecule has 19 heavy (non-hydrogen) atoms. The van der Waals surface area contributed by atoms with E-state index in [0.717, 1.165) is 0 Å². The van der Waals surface area contributed by atoms with Crippen molar-refractivity contribution in [1.29, 1.82) is 0 Å². The highest BCUT2D eigenvalue weighted by Crippen LogP contribution is 2.27. The van der Waals surface area contributed by atoms with Crippen molar-refractivity contribution in [3.63, 3.8) is 0 Å². The molecule has 0 aliphatic heterocycles. The van der Waals surface area contributed by atoms with Gasteiger partial charge in [0.25, 0.3) is 5.91 Å². The van der Waals surface area contributed by atoms with Crippen LogP contribution in [0.3, 0.4) is 0 Å². The fourth-order valence-corrected chi connectivity index (χ4v) is 2.04. The summed E-state index contributed by atoms with van der Waals surface area (Å²) in [6, 6.07) is 7.90. The van der Waals surface area contributed by atoms with E-state index in [9.17, 15) is 9.18 Å². The van der Waals surface area contributed by atoms with Crippen LogP contribution >= 0.6 is 15.9 Å². The number of anilines is 1. The minimum absolute atomic E-state index is 0.102. The maximum Gasteiger partial charge on any atom is 0.260 e. The summed E-state index contributed by atoms with van der Waals surface area (Å²) < 4.78 is 19.1. The van der Waals surface area contributed by atoms with Crippen molar-refractivity contribution in [1.82, 2.24) is 4.98 Å². The van der Waals surface area contributed by atoms with Crippen LogP contribution in [0.1, 0.15) is 10.4 Å². The number of hydrogen-bond acceptors (Lipinski definition) is 3. The Morgan fingerprint density at radius 2 is 2.21 bits per heavy atom. The number of nitrogens with zero attached hydrogens (tertiary/aromatic N) is 1. The van der Waals surface area contributed by atoms with Gasteiger partial charge in [-0.05, 0) is 46.3 Å². The lowest BCUT2D eigenvalue weighted by Gasteiger charge is -2.08. The van der Waals surface area contributed by atoms with Gasteiger partial charge in [-0.3, -0.25) is 4.79 Å². The van der Waals surface area contributed by atoms with Gasteiger partial charge in [-0.25, -0.2) is 4.98 Å². The van der Waals surface area contributed by atoms with E-state index in [2.05, 4.69) is 26.2 Å². The van der Waals surface area contributed by atoms with Gasteiger partial charge >= 0.3 is 0 Å². The zero-order valence-corrected chi connectivity index (χ0v) is 11.6. The largest absolute Gasteiger partial charge is 0.496 e. The molecule has 2 aromatic rings. The highest BCUT2D eigenvalue weighted by Gasteiger charge is 2.12. The predicted molar refractivity (Wildman–Crippen MR) is 72.8 cm³/mol. The monoisotopic (exact) mass is 324 g/mol. The van der Waals surface area contributed by atoms with Crippen molar-refractivity contribution < 1.29 is 13.9 Å². The first kappa shape index (κ1) is 13.5. The zero-order valence-electron chi connectivity index (χ0n) is 9.98. The summed E-state index contributed by atoms with van der Waals surface area (Å²) in [7, 11) is 1.55. The third-order valence-electron chi connectivity index (χ3n) is 2.41. The molecule has 0 fully saturated rings. The van der Waals surface area contributed by atoms with Gasteiger partial charge in [0.1, 0.15) is 5.75 Å². The Labute approximate surface area is 117 Å². The van der Waals surface area contributed by atoms with Gasteiger partial charge in [0.15, 0.2) is 0 Å². The van der Waals surface area contributed by atoms with Gasteiger partial charge < -0.3 is 10.1 Å². The van der Waals surface area contributed by atoms with Crippen LogP contribution in [0.2, 0.25) is 0 Å². The molecule has 0 unspecified atom stereocenters. The number of methoxy groups -OCH3 is 1. The minimum Gasteiger partial charge on any atom is -0.496 e. The molecule has 1 aromatic heterocycles. The third-order valence-corrected chi connectivity index (χ3v) is 3.03. The molecule has 0 aliphatic rings. The molecule has 6 heteroatoms. The number of rotatable bonds is 3. The number of benzene rings is 1. The highest BCUT2D eigenvalue weighted by molar-refractivity contribution is 9.10. The molecule has 0 aliphatic carbocycles. The van der Waals surface area contributed by atoms with E-state index in [1.165, 1.54) is 18.3 Å². The molecule has 0 spiro atoms. The fourth-order valence-electron chi connectivity index (χ4n) is 1.50. The van der Waals surface area contributed by atoms with E-state index < -0.39 is 11.9 Å². The van der Waals surface area contributed by atoms with Crippen LogP contribution in [0.4, 0.5) is 10.1 Å². The molecule has 0 atom stereocenters. The van der Waals surface area contributed by atoms with Gasteiger partial charge in [0.2, 0.25) is 5.95 Å². The number of halogens is 2. The Morgan fingerprint density at radius 1 is 1.42 bits per heavy atom. The van der Waals surface area contributed by atoms with Crippen molar-refractivity contribution in [3.05, 3.63) is 52.5 Å². The SMILES string of the molecule is COc1ccc(NC(=O)c2cccnc2F)cc1Br. The van der Waals surface area contributed by atoms with E-state index in [4.69, 9.17) is 4.74 Å². The molecule has 0 radical (unpaired) electrons. The average molecular weight is 325 g/mol. The van der Waals surface area contributed by atoms with Crippen LogP contribution in [0.5, 0.6) is 5.75 Å². The third kappa shape index (κ3) is 3.08. The van der Waals surface area contributed by atoms with Crippen molar-refractivity contribution >= 4 is 27.5 Å². The molecule has 0 bridgehead atoms. The molecule has 98 valence electrons. The lowest BCUT2D eigenvalue weighted by Crippen LogP contribution is -2.14. The minimum atomic E-state index is -0.799. The maximum atomic E-state index is 13.3. The van der Waals surface area contributed by atoms with Gasteiger partial charge in [-0.15, -0.1) is 0 Å². The molecular formula is C13H10BrFN2O2. The van der Waals surface area contributed by atoms with Crippen LogP contribution in [0.25, 0.3) is 0 Å². The van der Waals surface area contributed by atoms with E-state index in [1.807, 2.05) is 0 Å². The summed E-state index contributed by atoms with van der Waals surface area (Å²) in [5.41, 5.74) is 0.426. The number of hydrogen-bond donors (Lipinski definition) is 1. The van der Waals surface area contributed by atoms with Gasteiger partial charge in [0, 0.05) is 11.9 Å². The number of pyridine rings is 1. The van der Waals surface area contributed by atoms with Crippen molar-refractivity contribution in [2.24, 2.45) is 0 Å². The lowest BCUT2D eigenvalue weighted by molar-refractivity contribution is 0.102. The summed E-state index contributed by atoms with van der Waals surface area (Å²) in [4.78, 5) is 15.3. The standard InChI is InChI=1S/C13H10BrFN2O2/c1-19-11-5-4-8(7-10(11)14)17-13(18)9-3-2-6-16-12(9)15/h2-7H,1H3,(H,17,18). The van der Waals surface area contributed by atoms with E-state index >= 15 is 0 Å². The van der Waals surface area contributed by atoms with E-state index in [1.54, 1.807) is 25.3 Å². The van der Waals surface area contributed by atoms with Gasteiger partial charge in [-0.2, -0.15) is 4.39 Å². The van der Waals surface area contributed by atoms with Gasteiger partial charge in [-0.1, -0.05) is 0 Å². The summed E-state index contributed by atoms with van der Waals surface area (Å²) in [6.07, 6.45) is 1.29. The van der Waals surface area contributed by atoms with Crippen molar-refractivity contribution in [2.75, 3.05) is 12.4 Å². The Kier molecular flexibility index (Phi) is 4.11. The van der Waals surface area contributed by atoms with Crippen LogP contribution in [0.15, 0.2) is 41.0 Å². The van der Waals surface area contributed by atoms with Crippen molar-refractivity contribution in [3.8, 4) is 5.75 Å². The molecule has 2 rings (SSSR count). The second-order valence-corrected chi connectivity index (χ2v) is 4.50. The summed E-state index contributed by atoms with van der Waals surface area (Å²) >= 11 is 3.31. The first-order chi connectivity index (χ1) is 9.11. The molecule has 1 N–H and O–H groups in total. The Bertz CT molecular complexity index is 619. The summed E-state index contributed by atoms with van der Waals surface area (Å²) in [5, 5.41) is 2.59. The predicted octanol–water partition coefficient (Wildman–Crippen LogP) is 3.24. The van der Waals surface area contributed by atoms with Crippen LogP contribution in [-0.2, 0) is 0 Å². The second kappa shape index (κ2) is 5.79. The average Bonchev–Trinajstić information content (AvgIpc) is 2.39. The van der Waals surface area contributed by atoms with E-state index in [0.29, 0.717) is 15.9 Å². The molecule has 0 saturated carbocycles. The summed E-state index contributed by atoms with van der Waals surface area (Å²) in [5.74, 6) is -0.708. The van der Waals surface area contributed by atoms with E-state index in [-0.39, 0.29) is 5.56 Å². The number of ether oxygens (including phenoxy) is 1. The second-order valence-electron chi connectivity index (χ2n) is 3.65. The van der Waals surface area contributed by atoms with Crippen LogP contribution in [-0.4, -0.2) is 18.0 Å². The molecular weight excluding hydrogens is 315 g/mol. The Hall–Kier alpha value is -1.95. The Morgan fingerprint density at radius 3 is 2.84 bits per heavy atom. The highest BCUT2D eigenvalue weighted by atomic mass is 79.9. The maximum absolute atomic E-state index is 13.3. The quantitative estimate of drug-likeness (QED) is 0.882. The summed E-state index contributed by atoms with van der Waals surface area (Å²) in [6.45, 7) is 0. The molecule has 1 heterocycles.